The van der Waals surface area contributed by atoms with Crippen LogP contribution >= 0.6 is 24.0 Å². The predicted molar refractivity (Wildman–Crippen MR) is 111 cm³/mol. The van der Waals surface area contributed by atoms with Crippen LogP contribution in [-0.4, -0.2) is 55.4 Å². The number of nitrogens with one attached hydrogen (secondary N) is 1. The summed E-state index contributed by atoms with van der Waals surface area (Å²) in [6, 6.07) is 5.91. The highest BCUT2D eigenvalue weighted by atomic mass is 127. The molecule has 1 saturated heterocycles. The molecule has 0 atom stereocenters. The number of hydrogen-bond donors (Lipinski definition) is 2. The largest absolute Gasteiger partial charge is 0.493 e. The molecule has 2 rings (SSSR count). The zero-order chi connectivity index (χ0) is 17.4. The van der Waals surface area contributed by atoms with Gasteiger partial charge in [0.25, 0.3) is 0 Å². The summed E-state index contributed by atoms with van der Waals surface area (Å²) in [5.74, 6) is 2.39. The van der Waals surface area contributed by atoms with Crippen molar-refractivity contribution in [1.82, 2.24) is 10.2 Å². The first-order chi connectivity index (χ1) is 11.7. The standard InChI is InChI=1S/C18H29N3O3.HI/c1-4-19-18(21-10-8-15(22)9-11-21)20-13-14-6-7-16(23-3)17(12-14)24-5-2;/h6-7,12,15,22H,4-5,8-11,13H2,1-3H3,(H,19,20);1H. The maximum atomic E-state index is 9.66. The summed E-state index contributed by atoms with van der Waals surface area (Å²) < 4.78 is 10.9. The Morgan fingerprint density at radius 3 is 2.60 bits per heavy atom. The number of hydrogen-bond acceptors (Lipinski definition) is 4. The quantitative estimate of drug-likeness (QED) is 0.386. The molecule has 0 saturated carbocycles. The molecule has 142 valence electrons. The highest BCUT2D eigenvalue weighted by molar-refractivity contribution is 14.0. The number of benzene rings is 1. The lowest BCUT2D eigenvalue weighted by Gasteiger charge is -2.32. The molecule has 0 aromatic heterocycles. The second-order valence-corrected chi connectivity index (χ2v) is 5.81. The molecule has 1 aliphatic heterocycles. The van der Waals surface area contributed by atoms with Gasteiger partial charge in [-0.1, -0.05) is 6.07 Å². The number of aliphatic hydroxyl groups excluding tert-OH is 1. The van der Waals surface area contributed by atoms with Crippen molar-refractivity contribution in [3.05, 3.63) is 23.8 Å². The number of rotatable bonds is 6. The molecular formula is C18H30IN3O3. The highest BCUT2D eigenvalue weighted by Gasteiger charge is 2.19. The summed E-state index contributed by atoms with van der Waals surface area (Å²) in [6.45, 7) is 7.69. The number of piperidine rings is 1. The average Bonchev–Trinajstić information content (AvgIpc) is 2.60. The molecule has 1 aromatic carbocycles. The van der Waals surface area contributed by atoms with Gasteiger partial charge in [-0.2, -0.15) is 0 Å². The Labute approximate surface area is 167 Å². The van der Waals surface area contributed by atoms with E-state index in [0.29, 0.717) is 13.2 Å². The number of likely N-dealkylation sites (tertiary alicyclic amines) is 1. The number of halogens is 1. The summed E-state index contributed by atoms with van der Waals surface area (Å²) in [7, 11) is 1.64. The first kappa shape index (κ1) is 21.8. The smallest absolute Gasteiger partial charge is 0.194 e. The number of ether oxygens (including phenoxy) is 2. The lowest BCUT2D eigenvalue weighted by atomic mass is 10.1. The van der Waals surface area contributed by atoms with E-state index in [0.717, 1.165) is 55.5 Å². The molecule has 2 N–H and O–H groups in total. The summed E-state index contributed by atoms with van der Waals surface area (Å²) in [5, 5.41) is 13.0. The average molecular weight is 463 g/mol. The van der Waals surface area contributed by atoms with E-state index in [1.165, 1.54) is 0 Å². The van der Waals surface area contributed by atoms with E-state index < -0.39 is 0 Å². The van der Waals surface area contributed by atoms with Crippen molar-refractivity contribution in [2.24, 2.45) is 4.99 Å². The topological polar surface area (TPSA) is 66.3 Å². The molecule has 1 heterocycles. The van der Waals surface area contributed by atoms with Crippen LogP contribution in [0.5, 0.6) is 11.5 Å². The molecule has 0 amide bonds. The van der Waals surface area contributed by atoms with Gasteiger partial charge in [0.15, 0.2) is 17.5 Å². The van der Waals surface area contributed by atoms with Crippen molar-refractivity contribution >= 4 is 29.9 Å². The highest BCUT2D eigenvalue weighted by Crippen LogP contribution is 2.28. The van der Waals surface area contributed by atoms with E-state index in [-0.39, 0.29) is 30.1 Å². The first-order valence-corrected chi connectivity index (χ1v) is 8.69. The van der Waals surface area contributed by atoms with Crippen LogP contribution in [0.15, 0.2) is 23.2 Å². The number of aliphatic hydroxyl groups is 1. The molecule has 0 bridgehead atoms. The second-order valence-electron chi connectivity index (χ2n) is 5.81. The van der Waals surface area contributed by atoms with E-state index >= 15 is 0 Å². The van der Waals surface area contributed by atoms with Crippen molar-refractivity contribution < 1.29 is 14.6 Å². The Balaban J connectivity index is 0.00000312. The Kier molecular flexibility index (Phi) is 9.96. The van der Waals surface area contributed by atoms with Crippen molar-refractivity contribution in [3.63, 3.8) is 0 Å². The Morgan fingerprint density at radius 1 is 1.28 bits per heavy atom. The molecule has 0 spiro atoms. The predicted octanol–water partition coefficient (Wildman–Crippen LogP) is 2.63. The van der Waals surface area contributed by atoms with Crippen LogP contribution < -0.4 is 14.8 Å². The van der Waals surface area contributed by atoms with Crippen LogP contribution in [0, 0.1) is 0 Å². The maximum Gasteiger partial charge on any atom is 0.194 e. The van der Waals surface area contributed by atoms with Gasteiger partial charge in [0.2, 0.25) is 0 Å². The zero-order valence-electron chi connectivity index (χ0n) is 15.3. The van der Waals surface area contributed by atoms with Crippen molar-refractivity contribution in [3.8, 4) is 11.5 Å². The minimum atomic E-state index is -0.181. The minimum absolute atomic E-state index is 0. The third kappa shape index (κ3) is 6.54. The monoisotopic (exact) mass is 463 g/mol. The van der Waals surface area contributed by atoms with Gasteiger partial charge < -0.3 is 24.8 Å². The van der Waals surface area contributed by atoms with E-state index in [2.05, 4.69) is 17.1 Å². The molecular weight excluding hydrogens is 433 g/mol. The molecule has 1 aromatic rings. The number of nitrogens with zero attached hydrogens (tertiary/aromatic N) is 2. The Hall–Kier alpha value is -1.22. The molecule has 25 heavy (non-hydrogen) atoms. The number of guanidine groups is 1. The second kappa shape index (κ2) is 11.4. The summed E-state index contributed by atoms with van der Waals surface area (Å²) in [4.78, 5) is 6.95. The fourth-order valence-corrected chi connectivity index (χ4v) is 2.76. The molecule has 1 fully saturated rings. The molecule has 6 nitrogen and oxygen atoms in total. The van der Waals surface area contributed by atoms with Crippen LogP contribution in [0.1, 0.15) is 32.3 Å². The third-order valence-electron chi connectivity index (χ3n) is 4.04. The van der Waals surface area contributed by atoms with Gasteiger partial charge in [0, 0.05) is 19.6 Å². The van der Waals surface area contributed by atoms with E-state index in [1.807, 2.05) is 25.1 Å². The summed E-state index contributed by atoms with van der Waals surface area (Å²) >= 11 is 0. The van der Waals surface area contributed by atoms with E-state index in [9.17, 15) is 5.11 Å². The molecule has 0 radical (unpaired) electrons. The molecule has 7 heteroatoms. The van der Waals surface area contributed by atoms with Crippen molar-refractivity contribution in [2.75, 3.05) is 33.4 Å². The van der Waals surface area contributed by atoms with Gasteiger partial charge in [0.1, 0.15) is 0 Å². The van der Waals surface area contributed by atoms with Crippen LogP contribution in [0.25, 0.3) is 0 Å². The van der Waals surface area contributed by atoms with Crippen molar-refractivity contribution in [2.45, 2.75) is 39.3 Å². The van der Waals surface area contributed by atoms with Gasteiger partial charge in [0.05, 0.1) is 26.4 Å². The van der Waals surface area contributed by atoms with Gasteiger partial charge in [-0.15, -0.1) is 24.0 Å². The maximum absolute atomic E-state index is 9.66. The Bertz CT molecular complexity index is 546. The fraction of sp³-hybridized carbons (Fsp3) is 0.611. The molecule has 1 aliphatic rings. The summed E-state index contributed by atoms with van der Waals surface area (Å²) in [6.07, 6.45) is 1.41. The van der Waals surface area contributed by atoms with E-state index in [4.69, 9.17) is 14.5 Å². The molecule has 0 unspecified atom stereocenters. The lowest BCUT2D eigenvalue weighted by Crippen LogP contribution is -2.46. The SMILES string of the molecule is CCNC(=NCc1ccc(OC)c(OCC)c1)N1CCC(O)CC1.I. The van der Waals surface area contributed by atoms with Crippen molar-refractivity contribution in [1.29, 1.82) is 0 Å². The number of aliphatic imine (C=N–C) groups is 1. The van der Waals surface area contributed by atoms with Crippen LogP contribution in [-0.2, 0) is 6.54 Å². The molecule has 0 aliphatic carbocycles. The normalized spacial score (nSPS) is 15.5. The first-order valence-electron chi connectivity index (χ1n) is 8.69. The zero-order valence-corrected chi connectivity index (χ0v) is 17.7. The van der Waals surface area contributed by atoms with Gasteiger partial charge in [-0.05, 0) is 44.4 Å². The number of methoxy groups -OCH3 is 1. The minimum Gasteiger partial charge on any atom is -0.493 e. The van der Waals surface area contributed by atoms with Gasteiger partial charge in [-0.3, -0.25) is 0 Å². The van der Waals surface area contributed by atoms with Crippen LogP contribution in [0.2, 0.25) is 0 Å². The van der Waals surface area contributed by atoms with Gasteiger partial charge in [-0.25, -0.2) is 4.99 Å². The lowest BCUT2D eigenvalue weighted by molar-refractivity contribution is 0.108. The van der Waals surface area contributed by atoms with Crippen LogP contribution in [0.3, 0.4) is 0 Å². The van der Waals surface area contributed by atoms with Gasteiger partial charge >= 0.3 is 0 Å². The third-order valence-corrected chi connectivity index (χ3v) is 4.04. The van der Waals surface area contributed by atoms with Crippen LogP contribution in [0.4, 0.5) is 0 Å². The van der Waals surface area contributed by atoms with E-state index in [1.54, 1.807) is 7.11 Å². The Morgan fingerprint density at radius 2 is 2.00 bits per heavy atom. The fourth-order valence-electron chi connectivity index (χ4n) is 2.76. The summed E-state index contributed by atoms with van der Waals surface area (Å²) in [5.41, 5.74) is 1.08.